The second-order valence-corrected chi connectivity index (χ2v) is 7.26. The van der Waals surface area contributed by atoms with E-state index < -0.39 is 12.0 Å². The maximum Gasteiger partial charge on any atom is 0.338 e. The van der Waals surface area contributed by atoms with Gasteiger partial charge in [-0.2, -0.15) is 0 Å². The third-order valence-electron chi connectivity index (χ3n) is 4.12. The fourth-order valence-electron chi connectivity index (χ4n) is 2.80. The minimum absolute atomic E-state index is 0.230. The van der Waals surface area contributed by atoms with Gasteiger partial charge < -0.3 is 19.9 Å². The summed E-state index contributed by atoms with van der Waals surface area (Å²) in [6.07, 6.45) is 1.64. The van der Waals surface area contributed by atoms with Crippen LogP contribution in [0.25, 0.3) is 0 Å². The highest BCUT2D eigenvalue weighted by molar-refractivity contribution is 7.99. The van der Waals surface area contributed by atoms with Crippen LogP contribution in [-0.4, -0.2) is 39.1 Å². The van der Waals surface area contributed by atoms with Crippen LogP contribution in [0.15, 0.2) is 47.0 Å². The molecule has 3 rings (SSSR count). The van der Waals surface area contributed by atoms with Crippen molar-refractivity contribution in [1.82, 2.24) is 25.4 Å². The lowest BCUT2D eigenvalue weighted by molar-refractivity contribution is -0.139. The summed E-state index contributed by atoms with van der Waals surface area (Å²) in [6, 6.07) is 5.95. The fourth-order valence-corrected chi connectivity index (χ4v) is 3.87. The van der Waals surface area contributed by atoms with Crippen molar-refractivity contribution in [1.29, 1.82) is 0 Å². The number of rotatable bonds is 7. The third kappa shape index (κ3) is 4.48. The molecule has 2 amide bonds. The number of thioether (sulfide) groups is 1. The molecule has 0 fully saturated rings. The molecule has 1 aliphatic heterocycles. The Bertz CT molecular complexity index is 897. The number of carbonyl (C=O) groups excluding carboxylic acids is 2. The number of halogens is 1. The maximum atomic E-state index is 12.7. The van der Waals surface area contributed by atoms with E-state index in [0.29, 0.717) is 27.2 Å². The second kappa shape index (κ2) is 9.11. The van der Waals surface area contributed by atoms with Crippen molar-refractivity contribution in [3.8, 4) is 0 Å². The van der Waals surface area contributed by atoms with Crippen molar-refractivity contribution in [2.75, 3.05) is 12.4 Å². The molecule has 10 heteroatoms. The number of amides is 2. The van der Waals surface area contributed by atoms with Crippen LogP contribution in [-0.2, 0) is 16.1 Å². The summed E-state index contributed by atoms with van der Waals surface area (Å²) in [5.41, 5.74) is 1.58. The predicted molar refractivity (Wildman–Crippen MR) is 106 cm³/mol. The summed E-state index contributed by atoms with van der Waals surface area (Å²) >= 11 is 7.36. The van der Waals surface area contributed by atoms with Crippen LogP contribution in [0.5, 0.6) is 0 Å². The smallest absolute Gasteiger partial charge is 0.338 e. The molecule has 2 heterocycles. The standard InChI is InChI=1S/C18H20ClN5O3S/c1-3-24-10-20-23-18(24)28-9-13-14(16(25)27-4-2)15(22-17(26)21-13)11-5-7-12(19)8-6-11/h5-8,10,15H,3-4,9H2,1-2H3,(H2,21,22,26). The van der Waals surface area contributed by atoms with Crippen molar-refractivity contribution in [2.45, 2.75) is 31.6 Å². The Kier molecular flexibility index (Phi) is 6.58. The number of benzene rings is 1. The van der Waals surface area contributed by atoms with Gasteiger partial charge in [0.05, 0.1) is 18.2 Å². The molecule has 1 unspecified atom stereocenters. The lowest BCUT2D eigenvalue weighted by Crippen LogP contribution is -2.46. The van der Waals surface area contributed by atoms with Crippen molar-refractivity contribution in [2.24, 2.45) is 0 Å². The van der Waals surface area contributed by atoms with Gasteiger partial charge in [-0.3, -0.25) is 0 Å². The van der Waals surface area contributed by atoms with Gasteiger partial charge in [0.15, 0.2) is 5.16 Å². The van der Waals surface area contributed by atoms with Crippen molar-refractivity contribution >= 4 is 35.4 Å². The highest BCUT2D eigenvalue weighted by Crippen LogP contribution is 2.31. The zero-order chi connectivity index (χ0) is 20.1. The highest BCUT2D eigenvalue weighted by atomic mass is 35.5. The number of aromatic nitrogens is 3. The van der Waals surface area contributed by atoms with Crippen LogP contribution in [0.2, 0.25) is 5.02 Å². The number of esters is 1. The number of nitrogens with one attached hydrogen (secondary N) is 2. The van der Waals surface area contributed by atoms with E-state index in [1.807, 2.05) is 11.5 Å². The summed E-state index contributed by atoms with van der Waals surface area (Å²) in [5, 5.41) is 14.8. The summed E-state index contributed by atoms with van der Waals surface area (Å²) < 4.78 is 7.13. The van der Waals surface area contributed by atoms with E-state index in [4.69, 9.17) is 16.3 Å². The van der Waals surface area contributed by atoms with Crippen LogP contribution < -0.4 is 10.6 Å². The lowest BCUT2D eigenvalue weighted by atomic mass is 9.95. The molecule has 1 aliphatic rings. The van der Waals surface area contributed by atoms with Crippen LogP contribution in [0.4, 0.5) is 4.79 Å². The number of urea groups is 1. The Morgan fingerprint density at radius 2 is 2.07 bits per heavy atom. The Morgan fingerprint density at radius 1 is 1.32 bits per heavy atom. The molecule has 0 spiro atoms. The van der Waals surface area contributed by atoms with Crippen molar-refractivity contribution in [3.05, 3.63) is 52.4 Å². The minimum Gasteiger partial charge on any atom is -0.463 e. The topological polar surface area (TPSA) is 98.1 Å². The van der Waals surface area contributed by atoms with E-state index in [2.05, 4.69) is 20.8 Å². The first-order valence-electron chi connectivity index (χ1n) is 8.77. The molecule has 2 aromatic rings. The molecule has 0 saturated heterocycles. The predicted octanol–water partition coefficient (Wildman–Crippen LogP) is 2.91. The molecule has 1 aromatic carbocycles. The fraction of sp³-hybridized carbons (Fsp3) is 0.333. The minimum atomic E-state index is -0.635. The van der Waals surface area contributed by atoms with Gasteiger partial charge in [-0.15, -0.1) is 10.2 Å². The first-order valence-corrected chi connectivity index (χ1v) is 10.1. The molecule has 28 heavy (non-hydrogen) atoms. The number of hydrogen-bond acceptors (Lipinski definition) is 6. The molecular formula is C18H20ClN5O3S. The summed E-state index contributed by atoms with van der Waals surface area (Å²) in [6.45, 7) is 4.68. The molecule has 2 N–H and O–H groups in total. The number of carbonyl (C=O) groups is 2. The van der Waals surface area contributed by atoms with Crippen LogP contribution in [0.3, 0.4) is 0 Å². The van der Waals surface area contributed by atoms with Crippen LogP contribution in [0.1, 0.15) is 25.5 Å². The zero-order valence-corrected chi connectivity index (χ0v) is 17.0. The zero-order valence-electron chi connectivity index (χ0n) is 15.4. The SMILES string of the molecule is CCOC(=O)C1=C(CSc2nncn2CC)NC(=O)NC1c1ccc(Cl)cc1. The Morgan fingerprint density at radius 3 is 2.75 bits per heavy atom. The van der Waals surface area contributed by atoms with E-state index in [1.54, 1.807) is 37.5 Å². The molecule has 1 aromatic heterocycles. The van der Waals surface area contributed by atoms with Crippen LogP contribution >= 0.6 is 23.4 Å². The Hall–Kier alpha value is -2.52. The van der Waals surface area contributed by atoms with E-state index in [9.17, 15) is 9.59 Å². The normalized spacial score (nSPS) is 16.5. The molecule has 148 valence electrons. The van der Waals surface area contributed by atoms with E-state index in [-0.39, 0.29) is 12.6 Å². The largest absolute Gasteiger partial charge is 0.463 e. The maximum absolute atomic E-state index is 12.7. The van der Waals surface area contributed by atoms with Gasteiger partial charge in [-0.25, -0.2) is 9.59 Å². The van der Waals surface area contributed by atoms with Crippen LogP contribution in [0, 0.1) is 0 Å². The van der Waals surface area contributed by atoms with E-state index in [0.717, 1.165) is 12.1 Å². The Labute approximate surface area is 171 Å². The molecular weight excluding hydrogens is 402 g/mol. The average Bonchev–Trinajstić information content (AvgIpc) is 3.14. The number of hydrogen-bond donors (Lipinski definition) is 2. The number of aryl methyl sites for hydroxylation is 1. The van der Waals surface area contributed by atoms with Gasteiger partial charge in [0, 0.05) is 23.0 Å². The van der Waals surface area contributed by atoms with E-state index in [1.165, 1.54) is 11.8 Å². The second-order valence-electron chi connectivity index (χ2n) is 5.88. The molecule has 0 bridgehead atoms. The average molecular weight is 422 g/mol. The van der Waals surface area contributed by atoms with E-state index >= 15 is 0 Å². The molecule has 1 atom stereocenters. The molecule has 0 radical (unpaired) electrons. The Balaban J connectivity index is 1.96. The number of ether oxygens (including phenoxy) is 1. The molecule has 0 saturated carbocycles. The van der Waals surface area contributed by atoms with Gasteiger partial charge in [0.2, 0.25) is 0 Å². The third-order valence-corrected chi connectivity index (χ3v) is 5.38. The van der Waals surface area contributed by atoms with Gasteiger partial charge in [-0.1, -0.05) is 35.5 Å². The molecule has 8 nitrogen and oxygen atoms in total. The quantitative estimate of drug-likeness (QED) is 0.527. The van der Waals surface area contributed by atoms with Crippen molar-refractivity contribution in [3.63, 3.8) is 0 Å². The van der Waals surface area contributed by atoms with Crippen molar-refractivity contribution < 1.29 is 14.3 Å². The summed E-state index contributed by atoms with van der Waals surface area (Å²) in [7, 11) is 0. The summed E-state index contributed by atoms with van der Waals surface area (Å²) in [4.78, 5) is 25.0. The summed E-state index contributed by atoms with van der Waals surface area (Å²) in [5.74, 6) is -0.146. The van der Waals surface area contributed by atoms with Gasteiger partial charge in [-0.05, 0) is 31.5 Å². The van der Waals surface area contributed by atoms with Gasteiger partial charge in [0.1, 0.15) is 6.33 Å². The molecule has 0 aliphatic carbocycles. The monoisotopic (exact) mass is 421 g/mol. The highest BCUT2D eigenvalue weighted by Gasteiger charge is 2.33. The van der Waals surface area contributed by atoms with Gasteiger partial charge >= 0.3 is 12.0 Å². The lowest BCUT2D eigenvalue weighted by Gasteiger charge is -2.29. The first kappa shape index (κ1) is 20.2. The first-order chi connectivity index (χ1) is 13.5. The van der Waals surface area contributed by atoms with Gasteiger partial charge in [0.25, 0.3) is 0 Å². The number of nitrogens with zero attached hydrogens (tertiary/aromatic N) is 3.